The summed E-state index contributed by atoms with van der Waals surface area (Å²) in [5, 5.41) is 10.6. The molecule has 1 heterocycles. The summed E-state index contributed by atoms with van der Waals surface area (Å²) < 4.78 is 6.52. The second-order valence-corrected chi connectivity index (χ2v) is 3.74. The first-order chi connectivity index (χ1) is 8.17. The normalized spacial score (nSPS) is 10.8. The van der Waals surface area contributed by atoms with Crippen LogP contribution in [0.4, 0.5) is 0 Å². The molecule has 1 radical (unpaired) electrons. The molecule has 0 saturated heterocycles. The third-order valence-electron chi connectivity index (χ3n) is 2.72. The molecule has 0 spiro atoms. The minimum Gasteiger partial charge on any atom is -0.465 e. The molecule has 89 valence electrons. The lowest BCUT2D eigenvalue weighted by Crippen LogP contribution is -2.01. The maximum Gasteiger partial charge on any atom is 0.337 e. The Kier molecular flexibility index (Phi) is 3.10. The first-order valence-corrected chi connectivity index (χ1v) is 5.29. The van der Waals surface area contributed by atoms with Crippen molar-refractivity contribution in [2.24, 2.45) is 7.05 Å². The SMILES string of the molecule is COC(=O)c1ccc2c(c1)nc(CC[O])n2C. The summed E-state index contributed by atoms with van der Waals surface area (Å²) in [6.07, 6.45) is 0.388. The van der Waals surface area contributed by atoms with Crippen molar-refractivity contribution >= 4 is 17.0 Å². The number of benzene rings is 1. The highest BCUT2D eigenvalue weighted by molar-refractivity contribution is 5.93. The smallest absolute Gasteiger partial charge is 0.337 e. The molecule has 17 heavy (non-hydrogen) atoms. The fraction of sp³-hybridized carbons (Fsp3) is 0.333. The van der Waals surface area contributed by atoms with Crippen LogP contribution in [0.2, 0.25) is 0 Å². The minimum absolute atomic E-state index is 0.193. The Morgan fingerprint density at radius 3 is 2.88 bits per heavy atom. The summed E-state index contributed by atoms with van der Waals surface area (Å²) in [7, 11) is 3.20. The van der Waals surface area contributed by atoms with E-state index < -0.39 is 0 Å². The molecule has 0 aliphatic carbocycles. The predicted octanol–water partition coefficient (Wildman–Crippen LogP) is 1.33. The molecule has 0 bridgehead atoms. The maximum absolute atomic E-state index is 11.4. The van der Waals surface area contributed by atoms with Crippen molar-refractivity contribution in [3.05, 3.63) is 29.6 Å². The van der Waals surface area contributed by atoms with Gasteiger partial charge in [-0.25, -0.2) is 14.9 Å². The maximum atomic E-state index is 11.4. The zero-order chi connectivity index (χ0) is 12.4. The number of esters is 1. The standard InChI is InChI=1S/C12H13N2O3/c1-14-10-4-3-8(12(16)17-2)7-9(10)13-11(14)5-6-15/h3-4,7H,5-6H2,1-2H3. The van der Waals surface area contributed by atoms with Crippen molar-refractivity contribution in [3.63, 3.8) is 0 Å². The van der Waals surface area contributed by atoms with Crippen LogP contribution in [0.1, 0.15) is 16.2 Å². The Labute approximate surface area is 98.6 Å². The summed E-state index contributed by atoms with van der Waals surface area (Å²) in [6, 6.07) is 5.18. The van der Waals surface area contributed by atoms with Gasteiger partial charge in [-0.3, -0.25) is 0 Å². The van der Waals surface area contributed by atoms with Crippen molar-refractivity contribution in [1.82, 2.24) is 9.55 Å². The summed E-state index contributed by atoms with van der Waals surface area (Å²) in [6.45, 7) is -0.193. The highest BCUT2D eigenvalue weighted by Gasteiger charge is 2.11. The summed E-state index contributed by atoms with van der Waals surface area (Å²) in [5.74, 6) is 0.347. The molecule has 0 unspecified atom stereocenters. The number of methoxy groups -OCH3 is 1. The van der Waals surface area contributed by atoms with E-state index in [9.17, 15) is 9.90 Å². The van der Waals surface area contributed by atoms with Gasteiger partial charge in [0.1, 0.15) is 5.82 Å². The van der Waals surface area contributed by atoms with Gasteiger partial charge in [-0.1, -0.05) is 0 Å². The van der Waals surface area contributed by atoms with Gasteiger partial charge in [0.25, 0.3) is 0 Å². The Morgan fingerprint density at radius 1 is 1.47 bits per heavy atom. The molecule has 1 aromatic heterocycles. The predicted molar refractivity (Wildman–Crippen MR) is 61.3 cm³/mol. The number of fused-ring (bicyclic) bond motifs is 1. The zero-order valence-corrected chi connectivity index (χ0v) is 9.77. The Hall–Kier alpha value is -1.88. The van der Waals surface area contributed by atoms with Gasteiger partial charge in [0.2, 0.25) is 0 Å². The molecule has 0 saturated carbocycles. The van der Waals surface area contributed by atoms with Crippen LogP contribution in [-0.4, -0.2) is 29.2 Å². The topological polar surface area (TPSA) is 64.0 Å². The van der Waals surface area contributed by atoms with Gasteiger partial charge in [0.05, 0.1) is 30.3 Å². The lowest BCUT2D eigenvalue weighted by atomic mass is 10.2. The number of nitrogens with zero attached hydrogens (tertiary/aromatic N) is 2. The van der Waals surface area contributed by atoms with E-state index in [2.05, 4.69) is 9.72 Å². The van der Waals surface area contributed by atoms with Crippen LogP contribution in [0.25, 0.3) is 11.0 Å². The number of aryl methyl sites for hydroxylation is 1. The van der Waals surface area contributed by atoms with Crippen LogP contribution in [-0.2, 0) is 23.3 Å². The van der Waals surface area contributed by atoms with Crippen molar-refractivity contribution in [2.75, 3.05) is 13.7 Å². The largest absolute Gasteiger partial charge is 0.465 e. The molecule has 0 amide bonds. The number of rotatable bonds is 3. The Morgan fingerprint density at radius 2 is 2.24 bits per heavy atom. The van der Waals surface area contributed by atoms with Crippen molar-refractivity contribution in [1.29, 1.82) is 0 Å². The van der Waals surface area contributed by atoms with Crippen LogP contribution < -0.4 is 0 Å². The highest BCUT2D eigenvalue weighted by atomic mass is 16.5. The Bertz CT molecular complexity index is 560. The minimum atomic E-state index is -0.386. The van der Waals surface area contributed by atoms with E-state index in [4.69, 9.17) is 0 Å². The number of carbonyl (C=O) groups is 1. The lowest BCUT2D eigenvalue weighted by Gasteiger charge is -2.00. The first kappa shape index (κ1) is 11.6. The summed E-state index contributed by atoms with van der Waals surface area (Å²) in [5.41, 5.74) is 2.08. The number of hydrogen-bond donors (Lipinski definition) is 0. The molecule has 0 aliphatic rings. The number of carbonyl (C=O) groups excluding carboxylic acids is 1. The zero-order valence-electron chi connectivity index (χ0n) is 9.77. The quantitative estimate of drug-likeness (QED) is 0.751. The van der Waals surface area contributed by atoms with E-state index in [0.717, 1.165) is 11.3 Å². The van der Waals surface area contributed by atoms with Gasteiger partial charge in [-0.05, 0) is 18.2 Å². The van der Waals surface area contributed by atoms with Gasteiger partial charge in [-0.2, -0.15) is 0 Å². The van der Waals surface area contributed by atoms with E-state index in [1.54, 1.807) is 12.1 Å². The number of aromatic nitrogens is 2. The number of imidazole rings is 1. The van der Waals surface area contributed by atoms with Gasteiger partial charge < -0.3 is 9.30 Å². The summed E-state index contributed by atoms with van der Waals surface area (Å²) >= 11 is 0. The van der Waals surface area contributed by atoms with Crippen LogP contribution >= 0.6 is 0 Å². The first-order valence-electron chi connectivity index (χ1n) is 5.29. The average Bonchev–Trinajstić information content (AvgIpc) is 2.65. The van der Waals surface area contributed by atoms with E-state index in [1.807, 2.05) is 17.7 Å². The van der Waals surface area contributed by atoms with Crippen LogP contribution in [0.3, 0.4) is 0 Å². The second kappa shape index (κ2) is 4.55. The Balaban J connectivity index is 2.51. The second-order valence-electron chi connectivity index (χ2n) is 3.74. The van der Waals surface area contributed by atoms with Crippen LogP contribution in [0.5, 0.6) is 0 Å². The molecule has 0 atom stereocenters. The van der Waals surface area contributed by atoms with Crippen molar-refractivity contribution < 1.29 is 14.6 Å². The van der Waals surface area contributed by atoms with Gasteiger partial charge in [-0.15, -0.1) is 0 Å². The average molecular weight is 233 g/mol. The number of ether oxygens (including phenoxy) is 1. The monoisotopic (exact) mass is 233 g/mol. The van der Waals surface area contributed by atoms with E-state index in [-0.39, 0.29) is 12.6 Å². The van der Waals surface area contributed by atoms with Crippen LogP contribution in [0.15, 0.2) is 18.2 Å². The molecule has 2 aromatic rings. The molecule has 1 aromatic carbocycles. The number of hydrogen-bond acceptors (Lipinski definition) is 3. The fourth-order valence-electron chi connectivity index (χ4n) is 1.81. The third kappa shape index (κ3) is 2.01. The van der Waals surface area contributed by atoms with Gasteiger partial charge >= 0.3 is 5.97 Å². The van der Waals surface area contributed by atoms with Crippen molar-refractivity contribution in [2.45, 2.75) is 6.42 Å². The molecular formula is C12H13N2O3. The molecule has 0 fully saturated rings. The molecule has 5 heteroatoms. The summed E-state index contributed by atoms with van der Waals surface area (Å²) in [4.78, 5) is 15.7. The highest BCUT2D eigenvalue weighted by Crippen LogP contribution is 2.17. The lowest BCUT2D eigenvalue weighted by molar-refractivity contribution is 0.0601. The van der Waals surface area contributed by atoms with E-state index in [0.29, 0.717) is 17.5 Å². The molecule has 5 nitrogen and oxygen atoms in total. The third-order valence-corrected chi connectivity index (χ3v) is 2.72. The van der Waals surface area contributed by atoms with Crippen molar-refractivity contribution in [3.8, 4) is 0 Å². The molecule has 0 aliphatic heterocycles. The van der Waals surface area contributed by atoms with Crippen LogP contribution in [0, 0.1) is 0 Å². The van der Waals surface area contributed by atoms with Gasteiger partial charge in [0, 0.05) is 13.5 Å². The van der Waals surface area contributed by atoms with E-state index in [1.165, 1.54) is 7.11 Å². The van der Waals surface area contributed by atoms with E-state index >= 15 is 0 Å². The molecule has 0 N–H and O–H groups in total. The molecule has 2 rings (SSSR count). The van der Waals surface area contributed by atoms with Gasteiger partial charge in [0.15, 0.2) is 0 Å². The fourth-order valence-corrected chi connectivity index (χ4v) is 1.81. The molecular weight excluding hydrogens is 220 g/mol.